The van der Waals surface area contributed by atoms with Crippen LogP contribution >= 0.6 is 0 Å². The Morgan fingerprint density at radius 2 is 2.00 bits per heavy atom. The van der Waals surface area contributed by atoms with Gasteiger partial charge in [0, 0.05) is 5.92 Å². The quantitative estimate of drug-likeness (QED) is 0.742. The fraction of sp³-hybridized carbons (Fsp3) is 0.923. The number of nitrogens with two attached hydrogens (primary N) is 1. The van der Waals surface area contributed by atoms with E-state index in [1.165, 1.54) is 12.8 Å². The van der Waals surface area contributed by atoms with Gasteiger partial charge in [0.2, 0.25) is 5.91 Å². The molecule has 0 spiro atoms. The Morgan fingerprint density at radius 3 is 2.53 bits per heavy atom. The average molecular weight is 209 g/mol. The molecule has 2 heteroatoms. The molecule has 0 bridgehead atoms. The van der Waals surface area contributed by atoms with Gasteiger partial charge in [0.05, 0.1) is 0 Å². The Hall–Kier alpha value is -0.530. The summed E-state index contributed by atoms with van der Waals surface area (Å²) in [6.07, 6.45) is 3.78. The van der Waals surface area contributed by atoms with Crippen molar-refractivity contribution in [1.29, 1.82) is 0 Å². The van der Waals surface area contributed by atoms with E-state index in [0.29, 0.717) is 0 Å². The van der Waals surface area contributed by atoms with E-state index in [1.807, 2.05) is 6.92 Å². The van der Waals surface area contributed by atoms with Crippen LogP contribution in [0.1, 0.15) is 40.0 Å². The second-order valence-corrected chi connectivity index (χ2v) is 6.07. The molecular weight excluding hydrogens is 186 g/mol. The maximum atomic E-state index is 11.0. The largest absolute Gasteiger partial charge is 0.369 e. The summed E-state index contributed by atoms with van der Waals surface area (Å²) in [4.78, 5) is 11.0. The smallest absolute Gasteiger partial charge is 0.220 e. The molecule has 0 heterocycles. The van der Waals surface area contributed by atoms with Gasteiger partial charge in [-0.25, -0.2) is 0 Å². The van der Waals surface area contributed by atoms with Crippen LogP contribution in [0.25, 0.3) is 0 Å². The fourth-order valence-electron chi connectivity index (χ4n) is 3.52. The molecule has 0 radical (unpaired) electrons. The van der Waals surface area contributed by atoms with E-state index in [2.05, 4.69) is 13.8 Å². The first kappa shape index (κ1) is 11.0. The zero-order chi connectivity index (χ0) is 11.2. The molecule has 15 heavy (non-hydrogen) atoms. The van der Waals surface area contributed by atoms with Crippen LogP contribution in [0.3, 0.4) is 0 Å². The van der Waals surface area contributed by atoms with Crippen LogP contribution in [0.5, 0.6) is 0 Å². The molecule has 2 aliphatic rings. The maximum absolute atomic E-state index is 11.0. The van der Waals surface area contributed by atoms with Crippen LogP contribution in [0.4, 0.5) is 0 Å². The molecule has 2 N–H and O–H groups in total. The summed E-state index contributed by atoms with van der Waals surface area (Å²) in [7, 11) is 0. The SMILES string of the molecule is CC(C)CC1C2CC(CC(C)C(N)=O)C12. The molecule has 5 unspecified atom stereocenters. The minimum Gasteiger partial charge on any atom is -0.369 e. The molecule has 2 rings (SSSR count). The van der Waals surface area contributed by atoms with Gasteiger partial charge >= 0.3 is 0 Å². The predicted octanol–water partition coefficient (Wildman–Crippen LogP) is 2.43. The maximum Gasteiger partial charge on any atom is 0.220 e. The number of amides is 1. The average Bonchev–Trinajstić information content (AvgIpc) is 2.63. The van der Waals surface area contributed by atoms with Gasteiger partial charge in [0.15, 0.2) is 0 Å². The number of hydrogen-bond donors (Lipinski definition) is 1. The highest BCUT2D eigenvalue weighted by molar-refractivity contribution is 5.76. The molecule has 86 valence electrons. The van der Waals surface area contributed by atoms with Crippen LogP contribution in [-0.4, -0.2) is 5.91 Å². The minimum atomic E-state index is -0.125. The molecule has 2 aliphatic carbocycles. The fourth-order valence-corrected chi connectivity index (χ4v) is 3.52. The first-order valence-electron chi connectivity index (χ1n) is 6.30. The number of fused-ring (bicyclic) bond motifs is 1. The number of carbonyl (C=O) groups excluding carboxylic acids is 1. The third kappa shape index (κ3) is 2.04. The Morgan fingerprint density at radius 1 is 1.33 bits per heavy atom. The molecule has 2 saturated carbocycles. The van der Waals surface area contributed by atoms with E-state index >= 15 is 0 Å². The van der Waals surface area contributed by atoms with Crippen LogP contribution in [0.2, 0.25) is 0 Å². The third-order valence-corrected chi connectivity index (χ3v) is 4.40. The van der Waals surface area contributed by atoms with E-state index in [9.17, 15) is 4.79 Å². The zero-order valence-electron chi connectivity index (χ0n) is 10.1. The number of carbonyl (C=O) groups is 1. The van der Waals surface area contributed by atoms with Crippen molar-refractivity contribution in [2.45, 2.75) is 40.0 Å². The highest BCUT2D eigenvalue weighted by Crippen LogP contribution is 2.68. The summed E-state index contributed by atoms with van der Waals surface area (Å²) in [5.74, 6) is 4.54. The lowest BCUT2D eigenvalue weighted by Gasteiger charge is -2.26. The molecular formula is C13H23NO. The summed E-state index contributed by atoms with van der Waals surface area (Å²) in [5, 5.41) is 0. The van der Waals surface area contributed by atoms with Crippen molar-refractivity contribution in [3.05, 3.63) is 0 Å². The highest BCUT2D eigenvalue weighted by Gasteiger charge is 2.61. The van der Waals surface area contributed by atoms with E-state index in [4.69, 9.17) is 5.73 Å². The summed E-state index contributed by atoms with van der Waals surface area (Å²) in [6, 6.07) is 0. The molecule has 2 nitrogen and oxygen atoms in total. The molecule has 0 aromatic heterocycles. The van der Waals surface area contributed by atoms with Crippen molar-refractivity contribution in [2.75, 3.05) is 0 Å². The van der Waals surface area contributed by atoms with Crippen LogP contribution in [0.15, 0.2) is 0 Å². The van der Waals surface area contributed by atoms with Gasteiger partial charge in [0.25, 0.3) is 0 Å². The Balaban J connectivity index is 1.74. The van der Waals surface area contributed by atoms with Crippen molar-refractivity contribution >= 4 is 5.91 Å². The minimum absolute atomic E-state index is 0.0799. The number of rotatable bonds is 5. The summed E-state index contributed by atoms with van der Waals surface area (Å²) in [6.45, 7) is 6.58. The van der Waals surface area contributed by atoms with Gasteiger partial charge in [-0.05, 0) is 48.9 Å². The second kappa shape index (κ2) is 3.80. The zero-order valence-corrected chi connectivity index (χ0v) is 10.1. The van der Waals surface area contributed by atoms with Gasteiger partial charge in [-0.3, -0.25) is 4.79 Å². The molecule has 0 aromatic rings. The summed E-state index contributed by atoms with van der Waals surface area (Å²) < 4.78 is 0. The topological polar surface area (TPSA) is 43.1 Å². The van der Waals surface area contributed by atoms with Crippen molar-refractivity contribution in [1.82, 2.24) is 0 Å². The van der Waals surface area contributed by atoms with Gasteiger partial charge in [-0.15, -0.1) is 0 Å². The highest BCUT2D eigenvalue weighted by atomic mass is 16.1. The van der Waals surface area contributed by atoms with Crippen LogP contribution in [-0.2, 0) is 4.79 Å². The Labute approximate surface area is 92.6 Å². The summed E-state index contributed by atoms with van der Waals surface area (Å²) in [5.41, 5.74) is 5.30. The first-order chi connectivity index (χ1) is 7.00. The van der Waals surface area contributed by atoms with E-state index in [0.717, 1.165) is 36.0 Å². The Bertz CT molecular complexity index is 261. The van der Waals surface area contributed by atoms with E-state index in [-0.39, 0.29) is 11.8 Å². The van der Waals surface area contributed by atoms with Crippen molar-refractivity contribution in [2.24, 2.45) is 41.2 Å². The first-order valence-corrected chi connectivity index (χ1v) is 6.30. The predicted molar refractivity (Wildman–Crippen MR) is 61.0 cm³/mol. The van der Waals surface area contributed by atoms with Gasteiger partial charge in [-0.2, -0.15) is 0 Å². The number of primary amides is 1. The lowest BCUT2D eigenvalue weighted by Crippen LogP contribution is -2.26. The molecule has 0 saturated heterocycles. The molecule has 1 amide bonds. The van der Waals surface area contributed by atoms with Gasteiger partial charge in [-0.1, -0.05) is 20.8 Å². The normalized spacial score (nSPS) is 39.5. The lowest BCUT2D eigenvalue weighted by atomic mass is 9.79. The molecule has 0 aromatic carbocycles. The standard InChI is InChI=1S/C13H23NO/c1-7(2)4-10-11-6-9(12(10)11)5-8(3)13(14)15/h7-12H,4-6H2,1-3H3,(H2,14,15). The lowest BCUT2D eigenvalue weighted by molar-refractivity contribution is -0.122. The third-order valence-electron chi connectivity index (χ3n) is 4.40. The molecule has 2 fully saturated rings. The number of hydrogen-bond acceptors (Lipinski definition) is 1. The van der Waals surface area contributed by atoms with Crippen LogP contribution < -0.4 is 5.73 Å². The van der Waals surface area contributed by atoms with Gasteiger partial charge < -0.3 is 5.73 Å². The van der Waals surface area contributed by atoms with E-state index in [1.54, 1.807) is 0 Å². The van der Waals surface area contributed by atoms with Crippen molar-refractivity contribution in [3.8, 4) is 0 Å². The summed E-state index contributed by atoms with van der Waals surface area (Å²) >= 11 is 0. The van der Waals surface area contributed by atoms with Crippen LogP contribution in [0, 0.1) is 35.5 Å². The second-order valence-electron chi connectivity index (χ2n) is 6.07. The monoisotopic (exact) mass is 209 g/mol. The van der Waals surface area contributed by atoms with Crippen molar-refractivity contribution in [3.63, 3.8) is 0 Å². The Kier molecular flexibility index (Phi) is 2.78. The molecule has 0 aliphatic heterocycles. The van der Waals surface area contributed by atoms with E-state index < -0.39 is 0 Å². The van der Waals surface area contributed by atoms with Crippen molar-refractivity contribution < 1.29 is 4.79 Å². The van der Waals surface area contributed by atoms with Gasteiger partial charge in [0.1, 0.15) is 0 Å². The molecule has 5 atom stereocenters.